The molecule has 0 aromatic heterocycles. The SMILES string of the molecule is CCCC12B3B1C32. The van der Waals surface area contributed by atoms with Crippen LogP contribution in [0.1, 0.15) is 19.8 Å². The smallest absolute Gasteiger partial charge is 0.0996 e. The molecule has 0 unspecified atom stereocenters. The van der Waals surface area contributed by atoms with Crippen molar-refractivity contribution in [3.05, 3.63) is 0 Å². The summed E-state index contributed by atoms with van der Waals surface area (Å²) in [5.41, 5.74) is 1.30. The van der Waals surface area contributed by atoms with Gasteiger partial charge in [-0.3, -0.25) is 0 Å². The normalized spacial score (nSPS) is 57.0. The maximum Gasteiger partial charge on any atom is 0.0996 e. The summed E-state index contributed by atoms with van der Waals surface area (Å²) >= 11 is 0. The van der Waals surface area contributed by atoms with Gasteiger partial charge in [-0.15, -0.1) is 5.72 Å². The highest BCUT2D eigenvalue weighted by Crippen LogP contribution is 3.06. The van der Waals surface area contributed by atoms with Crippen LogP contribution < -0.4 is 0 Å². The molecule has 4 aliphatic rings. The van der Waals surface area contributed by atoms with Gasteiger partial charge >= 0.3 is 0 Å². The number of hydrogen-bond acceptors (Lipinski definition) is 0. The Balaban J connectivity index is 1.79. The molecule has 0 atom stereocenters. The van der Waals surface area contributed by atoms with Gasteiger partial charge in [0.15, 0.2) is 0 Å². The highest BCUT2D eigenvalue weighted by atomic mass is 14.7. The van der Waals surface area contributed by atoms with E-state index in [2.05, 4.69) is 6.92 Å². The van der Waals surface area contributed by atoms with Crippen molar-refractivity contribution >= 4 is 13.2 Å². The summed E-state index contributed by atoms with van der Waals surface area (Å²) in [6.07, 6.45) is 3.00. The fraction of sp³-hybridized carbons (Fsp3) is 1.00. The van der Waals surface area contributed by atoms with Crippen molar-refractivity contribution in [1.29, 1.82) is 0 Å². The molecule has 0 bridgehead atoms. The second kappa shape index (κ2) is 0.550. The van der Waals surface area contributed by atoms with Crippen LogP contribution in [0.4, 0.5) is 0 Å². The van der Waals surface area contributed by atoms with Gasteiger partial charge in [-0.05, 0) is 0 Å². The minimum atomic E-state index is 1.05. The maximum absolute atomic E-state index is 2.31. The molecule has 0 aromatic carbocycles. The van der Waals surface area contributed by atoms with Crippen molar-refractivity contribution in [3.63, 3.8) is 0 Å². The summed E-state index contributed by atoms with van der Waals surface area (Å²) in [5.74, 6) is 0. The minimum Gasteiger partial charge on any atom is -0.103 e. The van der Waals surface area contributed by atoms with Crippen molar-refractivity contribution in [2.75, 3.05) is 0 Å². The molecule has 7 heavy (non-hydrogen) atoms. The van der Waals surface area contributed by atoms with Crippen LogP contribution in [-0.4, -0.2) is 13.2 Å². The average Bonchev–Trinajstić information content (AvgIpc) is 2.38. The summed E-state index contributed by atoms with van der Waals surface area (Å²) in [7, 11) is 0. The third-order valence-corrected chi connectivity index (χ3v) is 3.24. The Hall–Kier alpha value is 0.130. The first kappa shape index (κ1) is 3.21. The van der Waals surface area contributed by atoms with Crippen molar-refractivity contribution < 1.29 is 0 Å². The molecule has 4 fully saturated rings. The molecule has 0 nitrogen and oxygen atoms in total. The van der Waals surface area contributed by atoms with Crippen LogP contribution in [0.5, 0.6) is 0 Å². The zero-order valence-electron chi connectivity index (χ0n) is 4.65. The van der Waals surface area contributed by atoms with E-state index in [-0.39, 0.29) is 0 Å². The lowest BCUT2D eigenvalue weighted by Crippen LogP contribution is -1.66. The Morgan fingerprint density at radius 1 is 1.57 bits per heavy atom. The van der Waals surface area contributed by atoms with Gasteiger partial charge < -0.3 is 0 Å². The van der Waals surface area contributed by atoms with Gasteiger partial charge in [0, 0.05) is 0 Å². The zero-order chi connectivity index (χ0) is 4.65. The second-order valence-electron chi connectivity index (χ2n) is 3.44. The zero-order valence-corrected chi connectivity index (χ0v) is 4.65. The third kappa shape index (κ3) is 0.153. The lowest BCUT2D eigenvalue weighted by atomic mass is 9.81. The highest BCUT2D eigenvalue weighted by molar-refractivity contribution is 7.76. The molecule has 0 radical (unpaired) electrons. The lowest BCUT2D eigenvalue weighted by molar-refractivity contribution is 0.808. The number of hydrogen-bond donors (Lipinski definition) is 0. The predicted octanol–water partition coefficient (Wildman–Crippen LogP) is 1.08. The highest BCUT2D eigenvalue weighted by Gasteiger charge is 3.09. The van der Waals surface area contributed by atoms with E-state index >= 15 is 0 Å². The lowest BCUT2D eigenvalue weighted by Gasteiger charge is -1.86. The fourth-order valence-electron chi connectivity index (χ4n) is 2.45. The topological polar surface area (TPSA) is 0 Å². The van der Waals surface area contributed by atoms with E-state index in [4.69, 9.17) is 0 Å². The van der Waals surface area contributed by atoms with E-state index in [1.54, 1.807) is 6.42 Å². The molecule has 4 rings (SSSR count). The van der Waals surface area contributed by atoms with Crippen LogP contribution in [-0.2, 0) is 0 Å². The molecule has 0 aromatic rings. The van der Waals surface area contributed by atoms with Gasteiger partial charge in [-0.25, -0.2) is 0 Å². The molecule has 4 aliphatic heterocycles. The molecule has 4 saturated heterocycles. The van der Waals surface area contributed by atoms with Crippen molar-refractivity contribution in [2.24, 2.45) is 0 Å². The number of rotatable bonds is 2. The van der Waals surface area contributed by atoms with Crippen LogP contribution in [0.3, 0.4) is 0 Å². The van der Waals surface area contributed by atoms with Crippen LogP contribution in [0, 0.1) is 0 Å². The molecular formula is C5H8B2. The largest absolute Gasteiger partial charge is 0.103 e. The summed E-state index contributed by atoms with van der Waals surface area (Å²) in [5, 5.41) is 1.05. The quantitative estimate of drug-likeness (QED) is 0.445. The Morgan fingerprint density at radius 2 is 2.14 bits per heavy atom. The van der Waals surface area contributed by atoms with Crippen LogP contribution in [0.15, 0.2) is 0 Å². The van der Waals surface area contributed by atoms with Gasteiger partial charge in [0.1, 0.15) is 0 Å². The van der Waals surface area contributed by atoms with Gasteiger partial charge in [0.2, 0.25) is 0 Å². The van der Waals surface area contributed by atoms with E-state index in [1.165, 1.54) is 25.3 Å². The molecule has 0 amide bonds. The molecule has 34 valence electrons. The van der Waals surface area contributed by atoms with E-state index in [0.29, 0.717) is 0 Å². The minimum absolute atomic E-state index is 1.05. The van der Waals surface area contributed by atoms with E-state index in [9.17, 15) is 0 Å². The van der Waals surface area contributed by atoms with Crippen LogP contribution in [0.2, 0.25) is 10.9 Å². The van der Waals surface area contributed by atoms with Crippen molar-refractivity contribution in [3.8, 4) is 0 Å². The standard InChI is InChI=1S/C5H8B2/c1-2-3-5-4-6(5)7(4)5/h4H,2-3H2,1H3. The van der Waals surface area contributed by atoms with Gasteiger partial charge in [-0.1, -0.05) is 25.0 Å². The molecule has 0 saturated carbocycles. The first-order valence-corrected chi connectivity index (χ1v) is 3.43. The van der Waals surface area contributed by atoms with E-state index in [0.717, 1.165) is 5.21 Å². The summed E-state index contributed by atoms with van der Waals surface area (Å²) in [6.45, 7) is 4.90. The van der Waals surface area contributed by atoms with Gasteiger partial charge in [-0.2, -0.15) is 0 Å². The Bertz CT molecular complexity index is 115. The van der Waals surface area contributed by atoms with E-state index < -0.39 is 0 Å². The average molecular weight is 89.7 g/mol. The van der Waals surface area contributed by atoms with Crippen LogP contribution >= 0.6 is 0 Å². The van der Waals surface area contributed by atoms with Crippen molar-refractivity contribution in [2.45, 2.75) is 30.7 Å². The molecule has 0 N–H and O–H groups in total. The Kier molecular flexibility index (Phi) is 0.252. The van der Waals surface area contributed by atoms with Gasteiger partial charge in [0.25, 0.3) is 0 Å². The monoisotopic (exact) mass is 90.1 g/mol. The first-order chi connectivity index (χ1) is 3.43. The molecule has 0 aliphatic carbocycles. The molecule has 4 heterocycles. The molecule has 2 heteroatoms. The predicted molar refractivity (Wildman–Crippen MR) is 32.9 cm³/mol. The van der Waals surface area contributed by atoms with Crippen molar-refractivity contribution in [1.82, 2.24) is 0 Å². The fourth-order valence-corrected chi connectivity index (χ4v) is 2.45. The second-order valence-corrected chi connectivity index (χ2v) is 3.44. The van der Waals surface area contributed by atoms with Gasteiger partial charge in [0.05, 0.1) is 13.2 Å². The molecule has 0 spiro atoms. The Morgan fingerprint density at radius 3 is 2.29 bits per heavy atom. The maximum atomic E-state index is 2.31. The third-order valence-electron chi connectivity index (χ3n) is 3.24. The summed E-state index contributed by atoms with van der Waals surface area (Å²) in [4.78, 5) is 0. The first-order valence-electron chi connectivity index (χ1n) is 3.43. The summed E-state index contributed by atoms with van der Waals surface area (Å²) < 4.78 is 0. The molecular weight excluding hydrogens is 81.7 g/mol. The summed E-state index contributed by atoms with van der Waals surface area (Å²) in [6, 6.07) is 0. The Labute approximate surface area is 44.8 Å². The van der Waals surface area contributed by atoms with E-state index in [1.807, 2.05) is 0 Å². The van der Waals surface area contributed by atoms with Crippen LogP contribution in [0.25, 0.3) is 0 Å².